The first-order chi connectivity index (χ1) is 11.0. The molecule has 0 bridgehead atoms. The normalized spacial score (nSPS) is 20.4. The third kappa shape index (κ3) is 4.38. The highest BCUT2D eigenvalue weighted by Gasteiger charge is 2.38. The molecule has 136 valence electrons. The molecule has 0 aromatic heterocycles. The summed E-state index contributed by atoms with van der Waals surface area (Å²) >= 11 is 0. The molecule has 2 saturated heterocycles. The summed E-state index contributed by atoms with van der Waals surface area (Å²) in [5.41, 5.74) is 3.26. The average molecular weight is 361 g/mol. The molecule has 0 aliphatic carbocycles. The first kappa shape index (κ1) is 19.4. The lowest BCUT2D eigenvalue weighted by Gasteiger charge is -2.34. The molecule has 2 aliphatic rings. The van der Waals surface area contributed by atoms with E-state index in [2.05, 4.69) is 15.0 Å². The molecule has 0 atom stereocenters. The largest absolute Gasteiger partial charge is 0.434 e. The van der Waals surface area contributed by atoms with Gasteiger partial charge in [-0.3, -0.25) is 4.90 Å². The maximum atomic E-state index is 12.5. The highest BCUT2D eigenvalue weighted by Crippen LogP contribution is 2.39. The van der Waals surface area contributed by atoms with Gasteiger partial charge in [0, 0.05) is 13.1 Å². The summed E-state index contributed by atoms with van der Waals surface area (Å²) in [6.45, 7) is 6.36. The highest BCUT2D eigenvalue weighted by molar-refractivity contribution is 5.85. The summed E-state index contributed by atoms with van der Waals surface area (Å²) in [5, 5.41) is 3.44. The summed E-state index contributed by atoms with van der Waals surface area (Å²) in [5.74, 6) is 0.319. The molecule has 6 heteroatoms. The molecule has 0 radical (unpaired) electrons. The Morgan fingerprint density at radius 1 is 1.17 bits per heavy atom. The third-order valence-corrected chi connectivity index (χ3v) is 5.31. The van der Waals surface area contributed by atoms with E-state index in [0.717, 1.165) is 43.9 Å². The van der Waals surface area contributed by atoms with Crippen LogP contribution in [0.5, 0.6) is 5.75 Å². The van der Waals surface area contributed by atoms with Crippen molar-refractivity contribution in [2.24, 2.45) is 5.41 Å². The predicted molar refractivity (Wildman–Crippen MR) is 94.2 cm³/mol. The zero-order valence-electron chi connectivity index (χ0n) is 14.4. The number of hydrogen-bond donors (Lipinski definition) is 1. The molecular formula is C18H27ClF2N2O. The van der Waals surface area contributed by atoms with Crippen molar-refractivity contribution in [3.63, 3.8) is 0 Å². The minimum atomic E-state index is -2.77. The zero-order chi connectivity index (χ0) is 16.4. The number of hydrogen-bond acceptors (Lipinski definition) is 3. The van der Waals surface area contributed by atoms with Crippen molar-refractivity contribution in [2.75, 3.05) is 26.2 Å². The van der Waals surface area contributed by atoms with E-state index < -0.39 is 6.61 Å². The summed E-state index contributed by atoms with van der Waals surface area (Å²) in [6, 6.07) is 3.97. The van der Waals surface area contributed by atoms with Crippen LogP contribution in [0, 0.1) is 19.3 Å². The van der Waals surface area contributed by atoms with Crippen LogP contribution in [0.3, 0.4) is 0 Å². The van der Waals surface area contributed by atoms with Crippen molar-refractivity contribution < 1.29 is 13.5 Å². The van der Waals surface area contributed by atoms with Crippen LogP contribution in [-0.2, 0) is 6.54 Å². The number of halogens is 3. The molecule has 1 spiro atoms. The van der Waals surface area contributed by atoms with Gasteiger partial charge in [-0.2, -0.15) is 8.78 Å². The topological polar surface area (TPSA) is 24.5 Å². The summed E-state index contributed by atoms with van der Waals surface area (Å²) < 4.78 is 29.6. The molecule has 2 heterocycles. The van der Waals surface area contributed by atoms with Crippen molar-refractivity contribution in [1.29, 1.82) is 0 Å². The van der Waals surface area contributed by atoms with E-state index in [1.165, 1.54) is 24.8 Å². The molecule has 1 N–H and O–H groups in total. The van der Waals surface area contributed by atoms with Crippen LogP contribution in [0.4, 0.5) is 8.78 Å². The van der Waals surface area contributed by atoms with Gasteiger partial charge in [0.05, 0.1) is 0 Å². The lowest BCUT2D eigenvalue weighted by Crippen LogP contribution is -2.38. The molecule has 2 aliphatic heterocycles. The van der Waals surface area contributed by atoms with Crippen LogP contribution in [-0.4, -0.2) is 37.7 Å². The van der Waals surface area contributed by atoms with Gasteiger partial charge in [0.2, 0.25) is 0 Å². The van der Waals surface area contributed by atoms with E-state index in [9.17, 15) is 8.78 Å². The van der Waals surface area contributed by atoms with Gasteiger partial charge in [-0.25, -0.2) is 0 Å². The van der Waals surface area contributed by atoms with Gasteiger partial charge in [0.1, 0.15) is 5.75 Å². The second kappa shape index (κ2) is 7.98. The fourth-order valence-corrected chi connectivity index (χ4v) is 4.19. The molecule has 0 amide bonds. The molecule has 1 aromatic rings. The zero-order valence-corrected chi connectivity index (χ0v) is 15.2. The molecule has 3 nitrogen and oxygen atoms in total. The second-order valence-corrected chi connectivity index (χ2v) is 7.15. The van der Waals surface area contributed by atoms with Gasteiger partial charge in [-0.15, -0.1) is 12.4 Å². The number of benzene rings is 1. The SMILES string of the molecule is Cc1cc(CN2CCC3(CCNCC3)C2)cc(C)c1OC(F)F.Cl. The number of ether oxygens (including phenoxy) is 1. The Morgan fingerprint density at radius 2 is 1.79 bits per heavy atom. The smallest absolute Gasteiger partial charge is 0.387 e. The summed E-state index contributed by atoms with van der Waals surface area (Å²) in [6.07, 6.45) is 3.81. The Labute approximate surface area is 149 Å². The third-order valence-electron chi connectivity index (χ3n) is 5.31. The van der Waals surface area contributed by atoms with Crippen LogP contribution in [0.2, 0.25) is 0 Å². The van der Waals surface area contributed by atoms with Crippen molar-refractivity contribution in [3.05, 3.63) is 28.8 Å². The first-order valence-electron chi connectivity index (χ1n) is 8.45. The van der Waals surface area contributed by atoms with Gasteiger partial charge < -0.3 is 10.1 Å². The highest BCUT2D eigenvalue weighted by atomic mass is 35.5. The maximum Gasteiger partial charge on any atom is 0.387 e. The fraction of sp³-hybridized carbons (Fsp3) is 0.667. The van der Waals surface area contributed by atoms with E-state index >= 15 is 0 Å². The van der Waals surface area contributed by atoms with E-state index in [0.29, 0.717) is 11.2 Å². The average Bonchev–Trinajstić information content (AvgIpc) is 2.86. The predicted octanol–water partition coefficient (Wildman–Crippen LogP) is 3.90. The molecule has 0 unspecified atom stereocenters. The van der Waals surface area contributed by atoms with E-state index in [-0.39, 0.29) is 12.4 Å². The van der Waals surface area contributed by atoms with Crippen molar-refractivity contribution in [3.8, 4) is 5.75 Å². The number of nitrogens with one attached hydrogen (secondary N) is 1. The van der Waals surface area contributed by atoms with E-state index in [1.54, 1.807) is 0 Å². The van der Waals surface area contributed by atoms with Gasteiger partial charge in [0.15, 0.2) is 0 Å². The van der Waals surface area contributed by atoms with E-state index in [4.69, 9.17) is 0 Å². The molecule has 24 heavy (non-hydrogen) atoms. The Kier molecular flexibility index (Phi) is 6.46. The van der Waals surface area contributed by atoms with E-state index in [1.807, 2.05) is 26.0 Å². The number of nitrogens with zero attached hydrogens (tertiary/aromatic N) is 1. The lowest BCUT2D eigenvalue weighted by atomic mass is 9.78. The Morgan fingerprint density at radius 3 is 2.38 bits per heavy atom. The van der Waals surface area contributed by atoms with Crippen LogP contribution in [0.1, 0.15) is 36.0 Å². The minimum Gasteiger partial charge on any atom is -0.434 e. The number of rotatable bonds is 4. The monoisotopic (exact) mass is 360 g/mol. The van der Waals surface area contributed by atoms with Crippen molar-refractivity contribution >= 4 is 12.4 Å². The van der Waals surface area contributed by atoms with Gasteiger partial charge >= 0.3 is 6.61 Å². The Balaban J connectivity index is 0.00000208. The molecule has 0 saturated carbocycles. The van der Waals surface area contributed by atoms with Crippen molar-refractivity contribution in [1.82, 2.24) is 10.2 Å². The van der Waals surface area contributed by atoms with Gasteiger partial charge in [-0.05, 0) is 74.8 Å². The fourth-order valence-electron chi connectivity index (χ4n) is 4.19. The number of aryl methyl sites for hydroxylation is 2. The number of alkyl halides is 2. The van der Waals surface area contributed by atoms with Crippen LogP contribution >= 0.6 is 12.4 Å². The summed E-state index contributed by atoms with van der Waals surface area (Å²) in [4.78, 5) is 2.51. The minimum absolute atomic E-state index is 0. The Bertz CT molecular complexity index is 539. The van der Waals surface area contributed by atoms with Crippen LogP contribution in [0.15, 0.2) is 12.1 Å². The second-order valence-electron chi connectivity index (χ2n) is 7.15. The molecule has 2 fully saturated rings. The van der Waals surface area contributed by atoms with Gasteiger partial charge in [0.25, 0.3) is 0 Å². The molecular weight excluding hydrogens is 334 g/mol. The van der Waals surface area contributed by atoms with Gasteiger partial charge in [-0.1, -0.05) is 12.1 Å². The standard InChI is InChI=1S/C18H26F2N2O.ClH/c1-13-9-15(10-14(2)16(13)23-17(19)20)11-22-8-5-18(12-22)3-6-21-7-4-18;/h9-10,17,21H,3-8,11-12H2,1-2H3;1H. The Hall–Kier alpha value is -0.910. The van der Waals surface area contributed by atoms with Crippen molar-refractivity contribution in [2.45, 2.75) is 46.3 Å². The quantitative estimate of drug-likeness (QED) is 0.881. The first-order valence-corrected chi connectivity index (χ1v) is 8.45. The lowest BCUT2D eigenvalue weighted by molar-refractivity contribution is -0.0507. The molecule has 1 aromatic carbocycles. The number of likely N-dealkylation sites (tertiary alicyclic amines) is 1. The molecule has 3 rings (SSSR count). The number of piperidine rings is 1. The maximum absolute atomic E-state index is 12.5. The summed E-state index contributed by atoms with van der Waals surface area (Å²) in [7, 11) is 0. The van der Waals surface area contributed by atoms with Crippen LogP contribution < -0.4 is 10.1 Å². The van der Waals surface area contributed by atoms with Crippen LogP contribution in [0.25, 0.3) is 0 Å².